The molecule has 1 aliphatic heterocycles. The van der Waals surface area contributed by atoms with Gasteiger partial charge in [0.05, 0.1) is 34.6 Å². The van der Waals surface area contributed by atoms with Crippen LogP contribution in [0.25, 0.3) is 62.0 Å². The van der Waals surface area contributed by atoms with Crippen LogP contribution >= 0.6 is 0 Å². The fourth-order valence-electron chi connectivity index (χ4n) is 9.92. The van der Waals surface area contributed by atoms with Gasteiger partial charge in [0.1, 0.15) is 11.0 Å². The molecule has 0 amide bonds. The smallest absolute Gasteiger partial charge is 0.143 e. The molecule has 0 saturated carbocycles. The maximum Gasteiger partial charge on any atom is 0.143 e. The van der Waals surface area contributed by atoms with Crippen molar-refractivity contribution < 1.29 is 4.42 Å². The molecular formula is C49H37N3O. The summed E-state index contributed by atoms with van der Waals surface area (Å²) in [5.41, 5.74) is 12.7. The third-order valence-corrected chi connectivity index (χ3v) is 12.1. The fourth-order valence-corrected chi connectivity index (χ4v) is 9.92. The number of fused-ring (bicyclic) bond motifs is 9. The zero-order chi connectivity index (χ0) is 35.0. The zero-order valence-electron chi connectivity index (χ0n) is 29.4. The molecule has 0 radical (unpaired) electrons. The van der Waals surface area contributed by atoms with Crippen LogP contribution in [0.5, 0.6) is 0 Å². The molecule has 0 N–H and O–H groups in total. The van der Waals surface area contributed by atoms with Crippen molar-refractivity contribution in [3.8, 4) is 22.9 Å². The molecule has 0 bridgehead atoms. The average molecular weight is 684 g/mol. The molecule has 3 heterocycles. The third-order valence-electron chi connectivity index (χ3n) is 12.1. The summed E-state index contributed by atoms with van der Waals surface area (Å²) >= 11 is 0. The van der Waals surface area contributed by atoms with E-state index in [1.807, 2.05) is 12.2 Å². The number of benzene rings is 4. The predicted octanol–water partition coefficient (Wildman–Crippen LogP) is 8.37. The van der Waals surface area contributed by atoms with Crippen LogP contribution in [-0.2, 0) is 0 Å². The Morgan fingerprint density at radius 2 is 1.49 bits per heavy atom. The third kappa shape index (κ3) is 4.41. The second-order valence-electron chi connectivity index (χ2n) is 14.8. The van der Waals surface area contributed by atoms with Crippen molar-refractivity contribution in [3.05, 3.63) is 166 Å². The predicted molar refractivity (Wildman–Crippen MR) is 216 cm³/mol. The highest BCUT2D eigenvalue weighted by atomic mass is 16.3. The van der Waals surface area contributed by atoms with Crippen molar-refractivity contribution in [3.63, 3.8) is 0 Å². The molecule has 0 fully saturated rings. The number of anilines is 1. The Balaban J connectivity index is 1.18. The number of allylic oxidation sites excluding steroid dienone is 4. The van der Waals surface area contributed by atoms with Gasteiger partial charge in [0.15, 0.2) is 0 Å². The van der Waals surface area contributed by atoms with Gasteiger partial charge in [-0.15, -0.1) is 0 Å². The zero-order valence-corrected chi connectivity index (χ0v) is 29.4. The van der Waals surface area contributed by atoms with E-state index in [0.29, 0.717) is 0 Å². The fraction of sp³-hybridized carbons (Fsp3) is 0.163. The van der Waals surface area contributed by atoms with Crippen molar-refractivity contribution in [2.75, 3.05) is 4.90 Å². The summed E-state index contributed by atoms with van der Waals surface area (Å²) in [7, 11) is 0. The Kier molecular flexibility index (Phi) is 6.79. The number of furan rings is 1. The quantitative estimate of drug-likeness (QED) is 0.188. The van der Waals surface area contributed by atoms with E-state index < -0.39 is 0 Å². The molecule has 4 nitrogen and oxygen atoms in total. The van der Waals surface area contributed by atoms with Gasteiger partial charge < -0.3 is 13.9 Å². The maximum atomic E-state index is 10.3. The number of nitrogens with zero attached hydrogens (tertiary/aromatic N) is 3. The first-order chi connectivity index (χ1) is 26.3. The lowest BCUT2D eigenvalue weighted by atomic mass is 9.89. The van der Waals surface area contributed by atoms with E-state index in [0.717, 1.165) is 59.8 Å². The molecule has 0 spiro atoms. The van der Waals surface area contributed by atoms with Gasteiger partial charge in [-0.3, -0.25) is 0 Å². The van der Waals surface area contributed by atoms with Crippen LogP contribution in [0.15, 0.2) is 144 Å². The van der Waals surface area contributed by atoms with E-state index in [1.165, 1.54) is 60.2 Å². The summed E-state index contributed by atoms with van der Waals surface area (Å²) in [6, 6.07) is 35.7. The molecule has 254 valence electrons. The molecule has 3 unspecified atom stereocenters. The number of hydrogen-bond acceptors (Lipinski definition) is 3. The second-order valence-corrected chi connectivity index (χ2v) is 14.8. The Morgan fingerprint density at radius 3 is 2.40 bits per heavy atom. The van der Waals surface area contributed by atoms with E-state index in [1.54, 1.807) is 0 Å². The SMILES string of the molecule is N#CC1=CC=CCC1N1c2c(-c3cccc4c5c(oc34)=C(C3=c4c(c6ccccc6n4-c4ccccc4)=CCC3)CCC=5)cccc2C2C=CC=CC21. The molecule has 4 heteroatoms. The number of hydrogen-bond donors (Lipinski definition) is 0. The lowest BCUT2D eigenvalue weighted by Gasteiger charge is -2.37. The minimum absolute atomic E-state index is 0.0293. The van der Waals surface area contributed by atoms with Gasteiger partial charge in [0.2, 0.25) is 0 Å². The van der Waals surface area contributed by atoms with Crippen LogP contribution in [0.2, 0.25) is 0 Å². The van der Waals surface area contributed by atoms with Gasteiger partial charge in [-0.25, -0.2) is 0 Å². The summed E-state index contributed by atoms with van der Waals surface area (Å²) in [5, 5.41) is 16.6. The standard InChI is InChI=1S/C49H37N3O/c50-30-31-14-4-7-27-43(31)52-45-29-9-6-18-34(45)36-20-11-22-38(47(36)52)40-24-13-26-42-41-25-12-23-39(48(41)53-49(40)42)37-21-10-19-35-33-17-5-8-28-44(33)51(46(35)37)32-15-2-1-3-16-32/h1-9,11,13-20,22,24-26,28-29,34,43,45H,10,12,21,23,27H2. The van der Waals surface area contributed by atoms with Crippen molar-refractivity contribution in [1.82, 2.24) is 4.57 Å². The highest BCUT2D eigenvalue weighted by Gasteiger charge is 2.42. The van der Waals surface area contributed by atoms with E-state index in [-0.39, 0.29) is 18.0 Å². The lowest BCUT2D eigenvalue weighted by molar-refractivity contribution is 0.569. The minimum atomic E-state index is -0.0293. The number of para-hydroxylation sites is 4. The monoisotopic (exact) mass is 683 g/mol. The molecule has 4 aromatic carbocycles. The van der Waals surface area contributed by atoms with E-state index in [4.69, 9.17) is 4.42 Å². The van der Waals surface area contributed by atoms with Gasteiger partial charge in [0, 0.05) is 55.2 Å². The highest BCUT2D eigenvalue weighted by Crippen LogP contribution is 2.51. The molecule has 2 aromatic heterocycles. The minimum Gasteiger partial charge on any atom is -0.455 e. The maximum absolute atomic E-state index is 10.3. The Bertz CT molecular complexity index is 2960. The molecule has 4 aliphatic carbocycles. The Hall–Kier alpha value is -6.31. The van der Waals surface area contributed by atoms with Crippen LogP contribution in [0.1, 0.15) is 43.6 Å². The van der Waals surface area contributed by atoms with Crippen LogP contribution < -0.4 is 26.1 Å². The van der Waals surface area contributed by atoms with E-state index in [2.05, 4.69) is 149 Å². The van der Waals surface area contributed by atoms with Gasteiger partial charge in [0.25, 0.3) is 0 Å². The van der Waals surface area contributed by atoms with E-state index in [9.17, 15) is 5.26 Å². The van der Waals surface area contributed by atoms with Crippen LogP contribution in [-0.4, -0.2) is 16.7 Å². The highest BCUT2D eigenvalue weighted by molar-refractivity contribution is 6.00. The molecular weight excluding hydrogens is 647 g/mol. The first-order valence-corrected chi connectivity index (χ1v) is 19.0. The normalized spacial score (nSPS) is 21.1. The Morgan fingerprint density at radius 1 is 0.717 bits per heavy atom. The first-order valence-electron chi connectivity index (χ1n) is 19.0. The molecule has 5 aliphatic rings. The first kappa shape index (κ1) is 30.3. The summed E-state index contributed by atoms with van der Waals surface area (Å²) < 4.78 is 9.72. The number of aromatic nitrogens is 1. The Labute approximate surface area is 307 Å². The summed E-state index contributed by atoms with van der Waals surface area (Å²) in [5.74, 6) is 0.225. The molecule has 6 aromatic rings. The van der Waals surface area contributed by atoms with Gasteiger partial charge in [-0.2, -0.15) is 5.26 Å². The summed E-state index contributed by atoms with van der Waals surface area (Å²) in [6.45, 7) is 0. The summed E-state index contributed by atoms with van der Waals surface area (Å²) in [4.78, 5) is 2.53. The van der Waals surface area contributed by atoms with E-state index >= 15 is 0 Å². The molecule has 11 rings (SSSR count). The molecule has 53 heavy (non-hydrogen) atoms. The second kappa shape index (κ2) is 11.9. The molecule has 0 saturated heterocycles. The van der Waals surface area contributed by atoms with Gasteiger partial charge in [-0.1, -0.05) is 121 Å². The van der Waals surface area contributed by atoms with Crippen LogP contribution in [0.3, 0.4) is 0 Å². The lowest BCUT2D eigenvalue weighted by Crippen LogP contribution is -2.43. The van der Waals surface area contributed by atoms with Crippen LogP contribution in [0, 0.1) is 11.3 Å². The van der Waals surface area contributed by atoms with Crippen molar-refractivity contribution in [1.29, 1.82) is 5.26 Å². The van der Waals surface area contributed by atoms with Crippen molar-refractivity contribution in [2.24, 2.45) is 0 Å². The summed E-state index contributed by atoms with van der Waals surface area (Å²) in [6.07, 6.45) is 24.7. The molecule has 3 atom stereocenters. The number of rotatable bonds is 4. The van der Waals surface area contributed by atoms with Crippen molar-refractivity contribution >= 4 is 50.9 Å². The topological polar surface area (TPSA) is 45.1 Å². The van der Waals surface area contributed by atoms with Gasteiger partial charge in [-0.05, 0) is 67.5 Å². The van der Waals surface area contributed by atoms with Crippen LogP contribution in [0.4, 0.5) is 5.69 Å². The number of nitriles is 1. The van der Waals surface area contributed by atoms with Crippen molar-refractivity contribution in [2.45, 2.75) is 50.1 Å². The largest absolute Gasteiger partial charge is 0.455 e. The average Bonchev–Trinajstić information content (AvgIpc) is 3.89. The van der Waals surface area contributed by atoms with Gasteiger partial charge >= 0.3 is 0 Å².